The van der Waals surface area contributed by atoms with Gasteiger partial charge in [-0.05, 0) is 31.0 Å². The average molecular weight is 313 g/mol. The van der Waals surface area contributed by atoms with Crippen molar-refractivity contribution in [1.29, 1.82) is 0 Å². The molecule has 3 rings (SSSR count). The van der Waals surface area contributed by atoms with Crippen molar-refractivity contribution in [3.63, 3.8) is 0 Å². The third-order valence-electron chi connectivity index (χ3n) is 3.95. The van der Waals surface area contributed by atoms with Crippen molar-refractivity contribution < 1.29 is 9.00 Å². The minimum atomic E-state index is -0.989. The van der Waals surface area contributed by atoms with E-state index in [0.717, 1.165) is 17.0 Å². The van der Waals surface area contributed by atoms with E-state index in [4.69, 9.17) is 0 Å². The fourth-order valence-electron chi connectivity index (χ4n) is 2.68. The van der Waals surface area contributed by atoms with Crippen LogP contribution in [0, 0.1) is 6.92 Å². The highest BCUT2D eigenvalue weighted by molar-refractivity contribution is 7.85. The molecule has 0 saturated heterocycles. The normalized spacial score (nSPS) is 17.1. The van der Waals surface area contributed by atoms with Crippen molar-refractivity contribution in [2.24, 2.45) is 0 Å². The van der Waals surface area contributed by atoms with E-state index in [9.17, 15) is 9.00 Å². The van der Waals surface area contributed by atoms with Gasteiger partial charge in [-0.25, -0.2) is 0 Å². The Morgan fingerprint density at radius 3 is 2.64 bits per heavy atom. The average Bonchev–Trinajstić information content (AvgIpc) is 2.55. The zero-order valence-electron chi connectivity index (χ0n) is 12.6. The smallest absolute Gasteiger partial charge is 0.227 e. The highest BCUT2D eigenvalue weighted by atomic mass is 32.2. The van der Waals surface area contributed by atoms with Gasteiger partial charge in [-0.3, -0.25) is 9.00 Å². The number of amides is 1. The maximum atomic E-state index is 12.5. The first-order chi connectivity index (χ1) is 10.6. The third kappa shape index (κ3) is 3.12. The molecule has 4 heteroatoms. The molecule has 0 radical (unpaired) electrons. The molecule has 0 N–H and O–H groups in total. The third-order valence-corrected chi connectivity index (χ3v) is 5.34. The van der Waals surface area contributed by atoms with E-state index in [-0.39, 0.29) is 5.91 Å². The minimum Gasteiger partial charge on any atom is -0.310 e. The second-order valence-corrected chi connectivity index (χ2v) is 7.09. The second kappa shape index (κ2) is 6.44. The van der Waals surface area contributed by atoms with Crippen LogP contribution in [-0.2, 0) is 22.0 Å². The molecule has 3 nitrogen and oxygen atoms in total. The Morgan fingerprint density at radius 2 is 1.86 bits per heavy atom. The highest BCUT2D eigenvalue weighted by Crippen LogP contribution is 2.28. The molecule has 2 aromatic rings. The van der Waals surface area contributed by atoms with Gasteiger partial charge in [-0.2, -0.15) is 0 Å². The minimum absolute atomic E-state index is 0.102. The van der Waals surface area contributed by atoms with E-state index in [0.29, 0.717) is 18.7 Å². The summed E-state index contributed by atoms with van der Waals surface area (Å²) in [6.07, 6.45) is 1.21. The molecule has 0 fully saturated rings. The van der Waals surface area contributed by atoms with Crippen LogP contribution >= 0.6 is 0 Å². The molecule has 1 amide bonds. The number of rotatable bonds is 3. The van der Waals surface area contributed by atoms with E-state index in [1.165, 1.54) is 11.1 Å². The zero-order chi connectivity index (χ0) is 15.5. The van der Waals surface area contributed by atoms with Crippen LogP contribution in [0.1, 0.15) is 17.5 Å². The van der Waals surface area contributed by atoms with E-state index >= 15 is 0 Å². The number of fused-ring (bicyclic) bond motifs is 1. The molecule has 0 aliphatic carbocycles. The fourth-order valence-corrected chi connectivity index (χ4v) is 3.89. The number of hydrogen-bond donors (Lipinski definition) is 0. The Bertz CT molecular complexity index is 709. The van der Waals surface area contributed by atoms with Crippen LogP contribution in [0.5, 0.6) is 0 Å². The molecule has 1 atom stereocenters. The van der Waals surface area contributed by atoms with Gasteiger partial charge in [0.25, 0.3) is 0 Å². The predicted octanol–water partition coefficient (Wildman–Crippen LogP) is 3.08. The van der Waals surface area contributed by atoms with Crippen molar-refractivity contribution >= 4 is 22.4 Å². The Morgan fingerprint density at radius 1 is 1.14 bits per heavy atom. The molecular formula is C18H19NO2S. The summed E-state index contributed by atoms with van der Waals surface area (Å²) in [6, 6.07) is 15.8. The lowest BCUT2D eigenvalue weighted by atomic mass is 10.1. The second-order valence-electron chi connectivity index (χ2n) is 5.55. The fraction of sp³-hybridized carbons (Fsp3) is 0.278. The van der Waals surface area contributed by atoms with E-state index in [1.54, 1.807) is 4.90 Å². The summed E-state index contributed by atoms with van der Waals surface area (Å²) in [5.41, 5.74) is 3.20. The molecule has 0 aromatic heterocycles. The SMILES string of the molecule is Cc1ccc(CCC(=O)N2CCS(=O)c3ccccc32)cc1. The van der Waals surface area contributed by atoms with E-state index in [2.05, 4.69) is 31.2 Å². The quantitative estimate of drug-likeness (QED) is 0.873. The first-order valence-corrected chi connectivity index (χ1v) is 8.80. The molecule has 1 aliphatic heterocycles. The van der Waals surface area contributed by atoms with Crippen molar-refractivity contribution in [2.45, 2.75) is 24.7 Å². The van der Waals surface area contributed by atoms with Crippen LogP contribution in [0.3, 0.4) is 0 Å². The molecule has 1 unspecified atom stereocenters. The summed E-state index contributed by atoms with van der Waals surface area (Å²) >= 11 is 0. The maximum absolute atomic E-state index is 12.5. The summed E-state index contributed by atoms with van der Waals surface area (Å²) < 4.78 is 12.0. The standard InChI is InChI=1S/C18H19NO2S/c1-14-6-8-15(9-7-14)10-11-18(20)19-12-13-22(21)17-5-3-2-4-16(17)19/h2-9H,10-13H2,1H3. The van der Waals surface area contributed by atoms with Gasteiger partial charge in [0.15, 0.2) is 0 Å². The number of anilines is 1. The number of carbonyl (C=O) groups excluding carboxylic acids is 1. The summed E-state index contributed by atoms with van der Waals surface area (Å²) in [5.74, 6) is 0.623. The van der Waals surface area contributed by atoms with Crippen LogP contribution in [0.15, 0.2) is 53.4 Å². The number of aryl methyl sites for hydroxylation is 2. The van der Waals surface area contributed by atoms with Crippen molar-refractivity contribution in [3.05, 3.63) is 59.7 Å². The lowest BCUT2D eigenvalue weighted by molar-refractivity contribution is -0.118. The van der Waals surface area contributed by atoms with Crippen molar-refractivity contribution in [1.82, 2.24) is 0 Å². The van der Waals surface area contributed by atoms with Gasteiger partial charge >= 0.3 is 0 Å². The number of nitrogens with zero attached hydrogens (tertiary/aromatic N) is 1. The molecular weight excluding hydrogens is 294 g/mol. The Hall–Kier alpha value is -1.94. The van der Waals surface area contributed by atoms with Crippen molar-refractivity contribution in [2.75, 3.05) is 17.2 Å². The van der Waals surface area contributed by atoms with Gasteiger partial charge < -0.3 is 4.90 Å². The topological polar surface area (TPSA) is 37.4 Å². The van der Waals surface area contributed by atoms with Crippen LogP contribution in [-0.4, -0.2) is 22.4 Å². The monoisotopic (exact) mass is 313 g/mol. The van der Waals surface area contributed by atoms with Gasteiger partial charge in [0.05, 0.1) is 21.4 Å². The van der Waals surface area contributed by atoms with Gasteiger partial charge in [0.2, 0.25) is 5.91 Å². The molecule has 0 spiro atoms. The zero-order valence-corrected chi connectivity index (χ0v) is 13.4. The lowest BCUT2D eigenvalue weighted by Gasteiger charge is -2.29. The molecule has 1 aliphatic rings. The number of para-hydroxylation sites is 1. The lowest BCUT2D eigenvalue weighted by Crippen LogP contribution is -2.38. The number of carbonyl (C=O) groups is 1. The molecule has 22 heavy (non-hydrogen) atoms. The molecule has 0 bridgehead atoms. The summed E-state index contributed by atoms with van der Waals surface area (Å²) in [6.45, 7) is 2.59. The van der Waals surface area contributed by atoms with E-state index < -0.39 is 10.8 Å². The largest absolute Gasteiger partial charge is 0.310 e. The van der Waals surface area contributed by atoms with Crippen LogP contribution < -0.4 is 4.90 Å². The first-order valence-electron chi connectivity index (χ1n) is 7.48. The van der Waals surface area contributed by atoms with Gasteiger partial charge in [0, 0.05) is 18.7 Å². The Balaban J connectivity index is 1.72. The van der Waals surface area contributed by atoms with Crippen LogP contribution in [0.4, 0.5) is 5.69 Å². The molecule has 114 valence electrons. The predicted molar refractivity (Wildman–Crippen MR) is 89.6 cm³/mol. The number of hydrogen-bond acceptors (Lipinski definition) is 2. The van der Waals surface area contributed by atoms with Gasteiger partial charge in [0.1, 0.15) is 0 Å². The Kier molecular flexibility index (Phi) is 4.39. The summed E-state index contributed by atoms with van der Waals surface area (Å²) in [7, 11) is -0.989. The number of benzene rings is 2. The maximum Gasteiger partial charge on any atom is 0.227 e. The van der Waals surface area contributed by atoms with Gasteiger partial charge in [-0.15, -0.1) is 0 Å². The van der Waals surface area contributed by atoms with Crippen LogP contribution in [0.2, 0.25) is 0 Å². The highest BCUT2D eigenvalue weighted by Gasteiger charge is 2.25. The molecule has 2 aromatic carbocycles. The molecule has 1 heterocycles. The van der Waals surface area contributed by atoms with Gasteiger partial charge in [-0.1, -0.05) is 42.0 Å². The first kappa shape index (κ1) is 15.0. The van der Waals surface area contributed by atoms with E-state index in [1.807, 2.05) is 24.3 Å². The summed E-state index contributed by atoms with van der Waals surface area (Å²) in [5, 5.41) is 0. The molecule has 0 saturated carbocycles. The van der Waals surface area contributed by atoms with Crippen LogP contribution in [0.25, 0.3) is 0 Å². The summed E-state index contributed by atoms with van der Waals surface area (Å²) in [4.78, 5) is 15.1. The van der Waals surface area contributed by atoms with Crippen molar-refractivity contribution in [3.8, 4) is 0 Å². The Labute approximate surface area is 133 Å².